The van der Waals surface area contributed by atoms with E-state index in [-0.39, 0.29) is 24.3 Å². The molecule has 17 heavy (non-hydrogen) atoms. The Hall–Kier alpha value is -0.690. The topological polar surface area (TPSA) is 63.2 Å². The highest BCUT2D eigenvalue weighted by molar-refractivity contribution is 5.66. The van der Waals surface area contributed by atoms with Crippen molar-refractivity contribution in [3.63, 3.8) is 0 Å². The minimum absolute atomic E-state index is 0.140. The molecule has 0 unspecified atom stereocenters. The first-order valence-corrected chi connectivity index (χ1v) is 5.76. The van der Waals surface area contributed by atoms with Crippen LogP contribution in [-0.2, 0) is 28.5 Å². The Balaban J connectivity index is 1.85. The molecular weight excluding hydrogens is 228 g/mol. The maximum Gasteiger partial charge on any atom is 0.303 e. The molecule has 0 saturated carbocycles. The summed E-state index contributed by atoms with van der Waals surface area (Å²) in [5, 5.41) is 0. The molecule has 0 amide bonds. The first kappa shape index (κ1) is 11.4. The predicted molar refractivity (Wildman–Crippen MR) is 54.0 cm³/mol. The lowest BCUT2D eigenvalue weighted by Crippen LogP contribution is -2.53. The van der Waals surface area contributed by atoms with E-state index in [9.17, 15) is 4.79 Å². The molecule has 3 fully saturated rings. The summed E-state index contributed by atoms with van der Waals surface area (Å²) in [4.78, 5) is 11.1. The van der Waals surface area contributed by atoms with Gasteiger partial charge in [0.2, 0.25) is 0 Å². The van der Waals surface area contributed by atoms with Gasteiger partial charge in [0, 0.05) is 6.92 Å². The third-order valence-corrected chi connectivity index (χ3v) is 3.16. The van der Waals surface area contributed by atoms with E-state index in [1.54, 1.807) is 0 Å². The zero-order chi connectivity index (χ0) is 12.2. The number of hydrogen-bond acceptors (Lipinski definition) is 6. The van der Waals surface area contributed by atoms with E-state index in [1.165, 1.54) is 6.92 Å². The van der Waals surface area contributed by atoms with Crippen molar-refractivity contribution >= 4 is 5.97 Å². The molecule has 0 aromatic rings. The molecule has 0 N–H and O–H groups in total. The van der Waals surface area contributed by atoms with Gasteiger partial charge in [-0.25, -0.2) is 0 Å². The van der Waals surface area contributed by atoms with Gasteiger partial charge in [-0.15, -0.1) is 0 Å². The van der Waals surface area contributed by atoms with Gasteiger partial charge in [0.25, 0.3) is 0 Å². The molecule has 0 aromatic heterocycles. The molecule has 6 nitrogen and oxygen atoms in total. The number of carbonyl (C=O) groups excluding carboxylic acids is 1. The zero-order valence-electron chi connectivity index (χ0n) is 10.0. The van der Waals surface area contributed by atoms with Gasteiger partial charge in [0.15, 0.2) is 18.2 Å². The average Bonchev–Trinajstić information content (AvgIpc) is 2.75. The first-order chi connectivity index (χ1) is 7.96. The molecule has 3 aliphatic heterocycles. The summed E-state index contributed by atoms with van der Waals surface area (Å²) in [7, 11) is 0. The van der Waals surface area contributed by atoms with Gasteiger partial charge >= 0.3 is 5.97 Å². The molecule has 6 heteroatoms. The number of carbonyl (C=O) groups is 1. The van der Waals surface area contributed by atoms with Crippen molar-refractivity contribution in [1.82, 2.24) is 0 Å². The number of ether oxygens (including phenoxy) is 5. The van der Waals surface area contributed by atoms with Gasteiger partial charge in [-0.1, -0.05) is 0 Å². The van der Waals surface area contributed by atoms with Crippen LogP contribution in [0.5, 0.6) is 0 Å². The van der Waals surface area contributed by atoms with Crippen LogP contribution in [0.4, 0.5) is 0 Å². The standard InChI is InChI=1S/C11H16O6/c1-5(12)14-9-8-7(16-11(2,3)17-8)6-4-13-10(9)15-6/h6-10H,4H2,1-3H3/t6-,7+,8+,9-,10-/m1/s1. The fraction of sp³-hybridized carbons (Fsp3) is 0.909. The fourth-order valence-corrected chi connectivity index (χ4v) is 2.61. The Morgan fingerprint density at radius 1 is 1.29 bits per heavy atom. The van der Waals surface area contributed by atoms with Crippen LogP contribution in [0, 0.1) is 0 Å². The van der Waals surface area contributed by atoms with Crippen LogP contribution in [0.3, 0.4) is 0 Å². The summed E-state index contributed by atoms with van der Waals surface area (Å²) in [6, 6.07) is 0. The minimum Gasteiger partial charge on any atom is -0.454 e. The maximum atomic E-state index is 11.1. The molecular formula is C11H16O6. The SMILES string of the molecule is CC(=O)O[C@H]1[C@@H]2OC[C@@H](O2)[C@@H]2OC(C)(C)O[C@@H]21. The molecule has 3 heterocycles. The second-order valence-electron chi connectivity index (χ2n) is 5.02. The lowest BCUT2D eigenvalue weighted by Gasteiger charge is -2.34. The number of hydrogen-bond donors (Lipinski definition) is 0. The van der Waals surface area contributed by atoms with Crippen molar-refractivity contribution in [1.29, 1.82) is 0 Å². The van der Waals surface area contributed by atoms with Crippen LogP contribution >= 0.6 is 0 Å². The Kier molecular flexibility index (Phi) is 2.45. The maximum absolute atomic E-state index is 11.1. The van der Waals surface area contributed by atoms with Gasteiger partial charge in [-0.05, 0) is 13.8 Å². The van der Waals surface area contributed by atoms with Crippen LogP contribution in [0.25, 0.3) is 0 Å². The van der Waals surface area contributed by atoms with E-state index in [2.05, 4.69) is 0 Å². The van der Waals surface area contributed by atoms with Crippen LogP contribution in [0.2, 0.25) is 0 Å². The Morgan fingerprint density at radius 3 is 2.71 bits per heavy atom. The summed E-state index contributed by atoms with van der Waals surface area (Å²) in [6.45, 7) is 5.48. The van der Waals surface area contributed by atoms with Crippen LogP contribution < -0.4 is 0 Å². The lowest BCUT2D eigenvalue weighted by molar-refractivity contribution is -0.220. The van der Waals surface area contributed by atoms with E-state index < -0.39 is 18.2 Å². The van der Waals surface area contributed by atoms with Crippen molar-refractivity contribution in [2.75, 3.05) is 6.61 Å². The summed E-state index contributed by atoms with van der Waals surface area (Å²) in [6.07, 6.45) is -1.80. The molecule has 0 spiro atoms. The van der Waals surface area contributed by atoms with E-state index in [0.29, 0.717) is 6.61 Å². The number of rotatable bonds is 1. The highest BCUT2D eigenvalue weighted by atomic mass is 16.8. The van der Waals surface area contributed by atoms with Gasteiger partial charge in [0.05, 0.1) is 6.61 Å². The second kappa shape index (κ2) is 3.65. The van der Waals surface area contributed by atoms with E-state index in [0.717, 1.165) is 0 Å². The highest BCUT2D eigenvalue weighted by Gasteiger charge is 2.59. The van der Waals surface area contributed by atoms with Crippen LogP contribution in [0.1, 0.15) is 20.8 Å². The summed E-state index contributed by atoms with van der Waals surface area (Å²) < 4.78 is 27.8. The van der Waals surface area contributed by atoms with Gasteiger partial charge in [-0.3, -0.25) is 4.79 Å². The monoisotopic (exact) mass is 244 g/mol. The van der Waals surface area contributed by atoms with Crippen molar-refractivity contribution in [2.45, 2.75) is 57.3 Å². The zero-order valence-corrected chi connectivity index (χ0v) is 10.0. The quantitative estimate of drug-likeness (QED) is 0.614. The van der Waals surface area contributed by atoms with E-state index in [4.69, 9.17) is 23.7 Å². The summed E-state index contributed by atoms with van der Waals surface area (Å²) in [5.74, 6) is -1.05. The van der Waals surface area contributed by atoms with Crippen molar-refractivity contribution in [3.8, 4) is 0 Å². The third-order valence-electron chi connectivity index (χ3n) is 3.16. The fourth-order valence-electron chi connectivity index (χ4n) is 2.61. The number of fused-ring (bicyclic) bond motifs is 4. The lowest BCUT2D eigenvalue weighted by atomic mass is 10.0. The molecule has 3 saturated heterocycles. The number of esters is 1. The molecule has 0 aliphatic carbocycles. The summed E-state index contributed by atoms with van der Waals surface area (Å²) in [5.41, 5.74) is 0. The molecule has 5 atom stereocenters. The predicted octanol–water partition coefficient (Wildman–Crippen LogP) is 0.193. The Morgan fingerprint density at radius 2 is 2.00 bits per heavy atom. The first-order valence-electron chi connectivity index (χ1n) is 5.76. The van der Waals surface area contributed by atoms with Crippen molar-refractivity contribution in [2.24, 2.45) is 0 Å². The van der Waals surface area contributed by atoms with E-state index >= 15 is 0 Å². The molecule has 0 aromatic carbocycles. The molecule has 96 valence electrons. The normalized spacial score (nSPS) is 46.6. The minimum atomic E-state index is -0.679. The molecule has 3 aliphatic rings. The molecule has 3 rings (SSSR count). The van der Waals surface area contributed by atoms with E-state index in [1.807, 2.05) is 13.8 Å². The molecule has 2 bridgehead atoms. The third kappa shape index (κ3) is 1.85. The summed E-state index contributed by atoms with van der Waals surface area (Å²) >= 11 is 0. The smallest absolute Gasteiger partial charge is 0.303 e. The largest absolute Gasteiger partial charge is 0.454 e. The van der Waals surface area contributed by atoms with Crippen LogP contribution in [-0.4, -0.2) is 49.1 Å². The van der Waals surface area contributed by atoms with Crippen LogP contribution in [0.15, 0.2) is 0 Å². The Bertz CT molecular complexity index is 341. The van der Waals surface area contributed by atoms with Gasteiger partial charge in [-0.2, -0.15) is 0 Å². The highest BCUT2D eigenvalue weighted by Crippen LogP contribution is 2.41. The molecule has 0 radical (unpaired) electrons. The van der Waals surface area contributed by atoms with Gasteiger partial charge < -0.3 is 23.7 Å². The van der Waals surface area contributed by atoms with Crippen molar-refractivity contribution < 1.29 is 28.5 Å². The average molecular weight is 244 g/mol. The second-order valence-corrected chi connectivity index (χ2v) is 5.02. The van der Waals surface area contributed by atoms with Crippen molar-refractivity contribution in [3.05, 3.63) is 0 Å². The van der Waals surface area contributed by atoms with Gasteiger partial charge in [0.1, 0.15) is 18.3 Å². The Labute approximate surface area is 99.1 Å².